The molecule has 0 atom stereocenters. The van der Waals surface area contributed by atoms with Crippen LogP contribution in [0.1, 0.15) is 21.6 Å². The van der Waals surface area contributed by atoms with E-state index in [9.17, 15) is 4.79 Å². The van der Waals surface area contributed by atoms with E-state index in [2.05, 4.69) is 15.3 Å². The highest BCUT2D eigenvalue weighted by molar-refractivity contribution is 6.05. The molecule has 0 fully saturated rings. The van der Waals surface area contributed by atoms with Crippen LogP contribution in [0.2, 0.25) is 0 Å². The van der Waals surface area contributed by atoms with Crippen molar-refractivity contribution in [1.29, 1.82) is 0 Å². The summed E-state index contributed by atoms with van der Waals surface area (Å²) in [6.07, 6.45) is 0. The lowest BCUT2D eigenvalue weighted by Gasteiger charge is -2.11. The fourth-order valence-electron chi connectivity index (χ4n) is 2.48. The third-order valence-corrected chi connectivity index (χ3v) is 3.98. The fraction of sp³-hybridized carbons (Fsp3) is 0.211. The number of hydrogen-bond acceptors (Lipinski definition) is 5. The summed E-state index contributed by atoms with van der Waals surface area (Å²) < 4.78 is 10.4. The van der Waals surface area contributed by atoms with Crippen molar-refractivity contribution in [2.45, 2.75) is 13.8 Å². The Balaban J connectivity index is 2.00. The van der Waals surface area contributed by atoms with Gasteiger partial charge in [0.1, 0.15) is 5.75 Å². The summed E-state index contributed by atoms with van der Waals surface area (Å²) in [7, 11) is 3.04. The number of benzene rings is 2. The zero-order valence-corrected chi connectivity index (χ0v) is 14.6. The standard InChI is InChI=1S/C19H19N3O3/c1-11-8-15-16(9-12(11)2)22-19(25-4)17(21-15)18(23)20-13-6-5-7-14(10-13)24-3/h5-10H,1-4H3,(H,20,23). The van der Waals surface area contributed by atoms with Crippen LogP contribution in [0.15, 0.2) is 36.4 Å². The van der Waals surface area contributed by atoms with Gasteiger partial charge in [0.05, 0.1) is 25.3 Å². The van der Waals surface area contributed by atoms with Crippen LogP contribution in [-0.2, 0) is 0 Å². The maximum atomic E-state index is 12.7. The van der Waals surface area contributed by atoms with Crippen molar-refractivity contribution in [3.8, 4) is 11.6 Å². The quantitative estimate of drug-likeness (QED) is 0.788. The third-order valence-electron chi connectivity index (χ3n) is 3.98. The number of nitrogens with one attached hydrogen (secondary N) is 1. The summed E-state index contributed by atoms with van der Waals surface area (Å²) in [6, 6.07) is 11.0. The molecule has 0 saturated carbocycles. The van der Waals surface area contributed by atoms with Gasteiger partial charge in [-0.05, 0) is 49.2 Å². The second kappa shape index (κ2) is 6.76. The van der Waals surface area contributed by atoms with E-state index in [1.807, 2.05) is 26.0 Å². The van der Waals surface area contributed by atoms with Gasteiger partial charge < -0.3 is 14.8 Å². The molecule has 2 aromatic carbocycles. The molecule has 0 aliphatic carbocycles. The molecule has 0 bridgehead atoms. The largest absolute Gasteiger partial charge is 0.497 e. The van der Waals surface area contributed by atoms with Crippen LogP contribution in [0.4, 0.5) is 5.69 Å². The average molecular weight is 337 g/mol. The minimum atomic E-state index is -0.391. The lowest BCUT2D eigenvalue weighted by Crippen LogP contribution is -2.16. The van der Waals surface area contributed by atoms with E-state index in [4.69, 9.17) is 9.47 Å². The topological polar surface area (TPSA) is 73.3 Å². The first kappa shape index (κ1) is 16.7. The summed E-state index contributed by atoms with van der Waals surface area (Å²) in [4.78, 5) is 21.5. The molecule has 6 nitrogen and oxygen atoms in total. The summed E-state index contributed by atoms with van der Waals surface area (Å²) in [5.74, 6) is 0.453. The van der Waals surface area contributed by atoms with Crippen molar-refractivity contribution in [3.05, 3.63) is 53.2 Å². The number of ether oxygens (including phenoxy) is 2. The monoisotopic (exact) mass is 337 g/mol. The Morgan fingerprint density at radius 1 is 0.960 bits per heavy atom. The number of amides is 1. The Morgan fingerprint density at radius 2 is 1.64 bits per heavy atom. The second-order valence-corrected chi connectivity index (χ2v) is 5.69. The van der Waals surface area contributed by atoms with Gasteiger partial charge in [0.25, 0.3) is 5.91 Å². The maximum absolute atomic E-state index is 12.7. The van der Waals surface area contributed by atoms with E-state index in [0.717, 1.165) is 11.1 Å². The molecule has 1 amide bonds. The van der Waals surface area contributed by atoms with Crippen LogP contribution in [0.25, 0.3) is 11.0 Å². The molecule has 0 saturated heterocycles. The molecular formula is C19H19N3O3. The van der Waals surface area contributed by atoms with Gasteiger partial charge in [0.2, 0.25) is 5.88 Å². The van der Waals surface area contributed by atoms with Crippen molar-refractivity contribution in [2.24, 2.45) is 0 Å². The van der Waals surface area contributed by atoms with E-state index in [0.29, 0.717) is 22.5 Å². The predicted octanol–water partition coefficient (Wildman–Crippen LogP) is 3.52. The third kappa shape index (κ3) is 3.38. The molecule has 3 rings (SSSR count). The Kier molecular flexibility index (Phi) is 4.52. The van der Waals surface area contributed by atoms with E-state index in [1.165, 1.54) is 7.11 Å². The van der Waals surface area contributed by atoms with E-state index in [1.54, 1.807) is 31.4 Å². The van der Waals surface area contributed by atoms with Crippen LogP contribution < -0.4 is 14.8 Å². The molecule has 0 aliphatic heterocycles. The van der Waals surface area contributed by atoms with Crippen molar-refractivity contribution in [2.75, 3.05) is 19.5 Å². The molecule has 1 N–H and O–H groups in total. The van der Waals surface area contributed by atoms with Crippen LogP contribution in [0, 0.1) is 13.8 Å². The molecule has 1 aromatic heterocycles. The van der Waals surface area contributed by atoms with Gasteiger partial charge >= 0.3 is 0 Å². The van der Waals surface area contributed by atoms with Crippen LogP contribution >= 0.6 is 0 Å². The Labute approximate surface area is 145 Å². The first-order chi connectivity index (χ1) is 12.0. The predicted molar refractivity (Wildman–Crippen MR) is 96.5 cm³/mol. The van der Waals surface area contributed by atoms with Crippen molar-refractivity contribution in [1.82, 2.24) is 9.97 Å². The lowest BCUT2D eigenvalue weighted by atomic mass is 10.1. The number of aromatic nitrogens is 2. The average Bonchev–Trinajstić information content (AvgIpc) is 2.61. The highest BCUT2D eigenvalue weighted by Crippen LogP contribution is 2.23. The fourth-order valence-corrected chi connectivity index (χ4v) is 2.48. The number of rotatable bonds is 4. The molecule has 3 aromatic rings. The van der Waals surface area contributed by atoms with Gasteiger partial charge in [-0.15, -0.1) is 0 Å². The smallest absolute Gasteiger partial charge is 0.279 e. The Hall–Kier alpha value is -3.15. The summed E-state index contributed by atoms with van der Waals surface area (Å²) in [5.41, 5.74) is 4.29. The van der Waals surface area contributed by atoms with E-state index >= 15 is 0 Å². The van der Waals surface area contributed by atoms with Gasteiger partial charge in [-0.1, -0.05) is 6.07 Å². The van der Waals surface area contributed by atoms with E-state index in [-0.39, 0.29) is 11.6 Å². The van der Waals surface area contributed by atoms with Gasteiger partial charge in [0.15, 0.2) is 5.69 Å². The minimum absolute atomic E-state index is 0.140. The number of nitrogens with zero attached hydrogens (tertiary/aromatic N) is 2. The maximum Gasteiger partial charge on any atom is 0.279 e. The van der Waals surface area contributed by atoms with Gasteiger partial charge in [-0.3, -0.25) is 4.79 Å². The molecule has 0 unspecified atom stereocenters. The molecule has 25 heavy (non-hydrogen) atoms. The number of fused-ring (bicyclic) bond motifs is 1. The number of carbonyl (C=O) groups is 1. The number of aryl methyl sites for hydroxylation is 2. The van der Waals surface area contributed by atoms with Crippen LogP contribution in [0.5, 0.6) is 11.6 Å². The van der Waals surface area contributed by atoms with Crippen molar-refractivity contribution < 1.29 is 14.3 Å². The molecule has 6 heteroatoms. The second-order valence-electron chi connectivity index (χ2n) is 5.69. The Morgan fingerprint density at radius 3 is 2.28 bits per heavy atom. The van der Waals surface area contributed by atoms with Gasteiger partial charge in [0, 0.05) is 11.8 Å². The molecule has 0 aliphatic rings. The van der Waals surface area contributed by atoms with Gasteiger partial charge in [-0.2, -0.15) is 0 Å². The van der Waals surface area contributed by atoms with Crippen molar-refractivity contribution >= 4 is 22.6 Å². The molecule has 1 heterocycles. The van der Waals surface area contributed by atoms with E-state index < -0.39 is 5.91 Å². The summed E-state index contributed by atoms with van der Waals surface area (Å²) >= 11 is 0. The van der Waals surface area contributed by atoms with Gasteiger partial charge in [-0.25, -0.2) is 9.97 Å². The number of anilines is 1. The Bertz CT molecular complexity index is 954. The number of hydrogen-bond donors (Lipinski definition) is 1. The van der Waals surface area contributed by atoms with Crippen LogP contribution in [0.3, 0.4) is 0 Å². The SMILES string of the molecule is COc1cccc(NC(=O)c2nc3cc(C)c(C)cc3nc2OC)c1. The highest BCUT2D eigenvalue weighted by Gasteiger charge is 2.18. The molecule has 0 spiro atoms. The lowest BCUT2D eigenvalue weighted by molar-refractivity contribution is 0.101. The highest BCUT2D eigenvalue weighted by atomic mass is 16.5. The van der Waals surface area contributed by atoms with Crippen molar-refractivity contribution in [3.63, 3.8) is 0 Å². The zero-order valence-electron chi connectivity index (χ0n) is 14.6. The number of methoxy groups -OCH3 is 2. The van der Waals surface area contributed by atoms with Crippen LogP contribution in [-0.4, -0.2) is 30.1 Å². The normalized spacial score (nSPS) is 10.6. The molecule has 128 valence electrons. The number of carbonyl (C=O) groups excluding carboxylic acids is 1. The minimum Gasteiger partial charge on any atom is -0.497 e. The molecule has 0 radical (unpaired) electrons. The first-order valence-electron chi connectivity index (χ1n) is 7.80. The molecular weight excluding hydrogens is 318 g/mol. The summed E-state index contributed by atoms with van der Waals surface area (Å²) in [5, 5.41) is 2.80. The first-order valence-corrected chi connectivity index (χ1v) is 7.80. The summed E-state index contributed by atoms with van der Waals surface area (Å²) in [6.45, 7) is 4.00. The zero-order chi connectivity index (χ0) is 18.0.